The summed E-state index contributed by atoms with van der Waals surface area (Å²) in [5.41, 5.74) is 5.56. The number of nitrogens with zero attached hydrogens (tertiary/aromatic N) is 2. The summed E-state index contributed by atoms with van der Waals surface area (Å²) in [6.45, 7) is 4.63. The molecule has 1 aliphatic carbocycles. The summed E-state index contributed by atoms with van der Waals surface area (Å²) in [6.07, 6.45) is 4.76. The topological polar surface area (TPSA) is 66.6 Å². The van der Waals surface area contributed by atoms with Gasteiger partial charge in [-0.1, -0.05) is 12.8 Å². The van der Waals surface area contributed by atoms with Gasteiger partial charge < -0.3 is 10.6 Å². The first-order valence-electron chi connectivity index (χ1n) is 7.06. The molecule has 0 aromatic heterocycles. The first-order valence-corrected chi connectivity index (χ1v) is 8.56. The molecule has 1 saturated heterocycles. The van der Waals surface area contributed by atoms with Crippen LogP contribution in [0.1, 0.15) is 32.1 Å². The molecule has 18 heavy (non-hydrogen) atoms. The monoisotopic (exact) mass is 275 g/mol. The third kappa shape index (κ3) is 3.23. The molecule has 0 radical (unpaired) electrons. The van der Waals surface area contributed by atoms with E-state index in [1.165, 1.54) is 0 Å². The van der Waals surface area contributed by atoms with Crippen molar-refractivity contribution in [2.75, 3.05) is 39.3 Å². The van der Waals surface area contributed by atoms with Gasteiger partial charge in [-0.05, 0) is 25.8 Å². The molecule has 2 N–H and O–H groups in total. The summed E-state index contributed by atoms with van der Waals surface area (Å²) in [4.78, 5) is 2.27. The van der Waals surface area contributed by atoms with E-state index in [0.29, 0.717) is 19.6 Å². The average molecular weight is 275 g/mol. The van der Waals surface area contributed by atoms with Crippen LogP contribution in [-0.4, -0.2) is 62.1 Å². The summed E-state index contributed by atoms with van der Waals surface area (Å²) in [5.74, 6) is 0. The zero-order chi connectivity index (χ0) is 13.0. The van der Waals surface area contributed by atoms with Crippen LogP contribution >= 0.6 is 0 Å². The molecule has 0 aromatic rings. The fourth-order valence-electron chi connectivity index (χ4n) is 3.00. The van der Waals surface area contributed by atoms with E-state index in [2.05, 4.69) is 4.90 Å². The second-order valence-electron chi connectivity index (χ2n) is 5.33. The van der Waals surface area contributed by atoms with E-state index in [1.807, 2.05) is 0 Å². The van der Waals surface area contributed by atoms with E-state index >= 15 is 0 Å². The van der Waals surface area contributed by atoms with Crippen molar-refractivity contribution in [3.8, 4) is 0 Å². The van der Waals surface area contributed by atoms with Crippen LogP contribution in [0, 0.1) is 0 Å². The van der Waals surface area contributed by atoms with Crippen molar-refractivity contribution in [3.63, 3.8) is 0 Å². The number of hydrogen-bond acceptors (Lipinski definition) is 4. The first kappa shape index (κ1) is 14.2. The summed E-state index contributed by atoms with van der Waals surface area (Å²) in [7, 11) is -3.05. The van der Waals surface area contributed by atoms with Gasteiger partial charge in [-0.3, -0.25) is 0 Å². The highest BCUT2D eigenvalue weighted by Gasteiger charge is 2.34. The zero-order valence-corrected chi connectivity index (χ0v) is 11.9. The van der Waals surface area contributed by atoms with Crippen LogP contribution < -0.4 is 5.73 Å². The predicted octanol–water partition coefficient (Wildman–Crippen LogP) is 0.225. The highest BCUT2D eigenvalue weighted by atomic mass is 32.2. The molecular weight excluding hydrogens is 250 g/mol. The fourth-order valence-corrected chi connectivity index (χ4v) is 5.08. The molecule has 2 fully saturated rings. The zero-order valence-electron chi connectivity index (χ0n) is 11.1. The van der Waals surface area contributed by atoms with E-state index in [1.54, 1.807) is 4.31 Å². The van der Waals surface area contributed by atoms with Crippen LogP contribution in [0.25, 0.3) is 0 Å². The molecule has 1 aliphatic heterocycles. The maximum atomic E-state index is 12.5. The van der Waals surface area contributed by atoms with E-state index in [4.69, 9.17) is 5.73 Å². The van der Waals surface area contributed by atoms with Crippen LogP contribution in [0.3, 0.4) is 0 Å². The first-order chi connectivity index (χ1) is 8.64. The van der Waals surface area contributed by atoms with Crippen molar-refractivity contribution in [1.82, 2.24) is 9.21 Å². The molecule has 2 aliphatic rings. The molecular formula is C12H25N3O2S. The van der Waals surface area contributed by atoms with Gasteiger partial charge in [0.2, 0.25) is 10.0 Å². The second kappa shape index (κ2) is 6.32. The molecule has 2 rings (SSSR count). The largest absolute Gasteiger partial charge is 0.329 e. The highest BCUT2D eigenvalue weighted by Crippen LogP contribution is 2.27. The summed E-state index contributed by atoms with van der Waals surface area (Å²) in [5, 5.41) is -0.112. The normalized spacial score (nSPS) is 25.4. The fraction of sp³-hybridized carbons (Fsp3) is 1.00. The quantitative estimate of drug-likeness (QED) is 0.797. The van der Waals surface area contributed by atoms with Gasteiger partial charge in [-0.2, -0.15) is 0 Å². The maximum absolute atomic E-state index is 12.5. The number of sulfonamides is 1. The van der Waals surface area contributed by atoms with E-state index in [0.717, 1.165) is 51.7 Å². The Morgan fingerprint density at radius 2 is 1.72 bits per heavy atom. The molecule has 0 unspecified atom stereocenters. The van der Waals surface area contributed by atoms with Gasteiger partial charge in [0.25, 0.3) is 0 Å². The predicted molar refractivity (Wildman–Crippen MR) is 72.9 cm³/mol. The van der Waals surface area contributed by atoms with Crippen molar-refractivity contribution in [2.45, 2.75) is 37.4 Å². The SMILES string of the molecule is NCCN1CCCN(S(=O)(=O)C2CCCC2)CC1. The third-order valence-electron chi connectivity index (χ3n) is 4.08. The lowest BCUT2D eigenvalue weighted by molar-refractivity contribution is 0.294. The smallest absolute Gasteiger partial charge is 0.217 e. The third-order valence-corrected chi connectivity index (χ3v) is 6.47. The van der Waals surface area contributed by atoms with Gasteiger partial charge in [-0.15, -0.1) is 0 Å². The maximum Gasteiger partial charge on any atom is 0.217 e. The summed E-state index contributed by atoms with van der Waals surface area (Å²) in [6, 6.07) is 0. The van der Waals surface area contributed by atoms with Crippen molar-refractivity contribution < 1.29 is 8.42 Å². The average Bonchev–Trinajstić information content (AvgIpc) is 2.78. The second-order valence-corrected chi connectivity index (χ2v) is 7.55. The minimum absolute atomic E-state index is 0.112. The highest BCUT2D eigenvalue weighted by molar-refractivity contribution is 7.89. The van der Waals surface area contributed by atoms with Crippen LogP contribution in [0.2, 0.25) is 0 Å². The van der Waals surface area contributed by atoms with Gasteiger partial charge in [0.15, 0.2) is 0 Å². The molecule has 0 aromatic carbocycles. The Kier molecular flexibility index (Phi) is 5.00. The van der Waals surface area contributed by atoms with Gasteiger partial charge in [0.05, 0.1) is 5.25 Å². The minimum atomic E-state index is -3.05. The van der Waals surface area contributed by atoms with Gasteiger partial charge in [-0.25, -0.2) is 12.7 Å². The lowest BCUT2D eigenvalue weighted by Crippen LogP contribution is -2.40. The van der Waals surface area contributed by atoms with E-state index < -0.39 is 10.0 Å². The van der Waals surface area contributed by atoms with Crippen molar-refractivity contribution in [3.05, 3.63) is 0 Å². The molecule has 0 atom stereocenters. The molecule has 1 saturated carbocycles. The molecule has 0 spiro atoms. The van der Waals surface area contributed by atoms with Crippen LogP contribution in [0.5, 0.6) is 0 Å². The Bertz CT molecular complexity index is 352. The van der Waals surface area contributed by atoms with Gasteiger partial charge >= 0.3 is 0 Å². The number of nitrogens with two attached hydrogens (primary N) is 1. The Morgan fingerprint density at radius 1 is 1.00 bits per heavy atom. The van der Waals surface area contributed by atoms with Crippen molar-refractivity contribution >= 4 is 10.0 Å². The molecule has 5 nitrogen and oxygen atoms in total. The summed E-state index contributed by atoms with van der Waals surface area (Å²) >= 11 is 0. The molecule has 6 heteroatoms. The van der Waals surface area contributed by atoms with E-state index in [-0.39, 0.29) is 5.25 Å². The Balaban J connectivity index is 1.96. The van der Waals surface area contributed by atoms with Gasteiger partial charge in [0, 0.05) is 32.7 Å². The summed E-state index contributed by atoms with van der Waals surface area (Å²) < 4.78 is 26.7. The van der Waals surface area contributed by atoms with Crippen LogP contribution in [-0.2, 0) is 10.0 Å². The molecule has 1 heterocycles. The Hall–Kier alpha value is -0.170. The number of rotatable bonds is 4. The molecule has 0 bridgehead atoms. The number of hydrogen-bond donors (Lipinski definition) is 1. The van der Waals surface area contributed by atoms with Crippen LogP contribution in [0.15, 0.2) is 0 Å². The van der Waals surface area contributed by atoms with Crippen LogP contribution in [0.4, 0.5) is 0 Å². The Labute approximate surface area is 110 Å². The minimum Gasteiger partial charge on any atom is -0.329 e. The van der Waals surface area contributed by atoms with Crippen molar-refractivity contribution in [2.24, 2.45) is 5.73 Å². The molecule has 0 amide bonds. The van der Waals surface area contributed by atoms with Crippen molar-refractivity contribution in [1.29, 1.82) is 0 Å². The lowest BCUT2D eigenvalue weighted by Gasteiger charge is -2.24. The lowest BCUT2D eigenvalue weighted by atomic mass is 10.4. The standard InChI is InChI=1S/C12H25N3O2S/c13-6-9-14-7-3-8-15(11-10-14)18(16,17)12-4-1-2-5-12/h12H,1-11,13H2. The van der Waals surface area contributed by atoms with E-state index in [9.17, 15) is 8.42 Å². The van der Waals surface area contributed by atoms with Gasteiger partial charge in [0.1, 0.15) is 0 Å². The molecule has 106 valence electrons. The Morgan fingerprint density at radius 3 is 2.39 bits per heavy atom.